The van der Waals surface area contributed by atoms with Crippen molar-refractivity contribution in [1.82, 2.24) is 24.1 Å². The molecular weight excluding hydrogens is 382 g/mol. The number of benzene rings is 1. The lowest BCUT2D eigenvalue weighted by Crippen LogP contribution is -2.23. The number of fused-ring (bicyclic) bond motifs is 1. The van der Waals surface area contributed by atoms with Crippen molar-refractivity contribution in [2.75, 3.05) is 0 Å². The van der Waals surface area contributed by atoms with Crippen molar-refractivity contribution in [2.45, 2.75) is 11.4 Å². The molecule has 1 aromatic carbocycles. The molecule has 4 rings (SSSR count). The summed E-state index contributed by atoms with van der Waals surface area (Å²) >= 11 is 0. The molecule has 0 saturated heterocycles. The van der Waals surface area contributed by atoms with Gasteiger partial charge in [-0.3, -0.25) is 14.2 Å². The van der Waals surface area contributed by atoms with Gasteiger partial charge in [0.15, 0.2) is 5.58 Å². The normalized spacial score (nSPS) is 11.9. The molecule has 9 nitrogen and oxygen atoms in total. The molecule has 144 valence electrons. The Hall–Kier alpha value is -3.24. The molecule has 0 amide bonds. The fourth-order valence-corrected chi connectivity index (χ4v) is 3.88. The van der Waals surface area contributed by atoms with Crippen LogP contribution in [0.15, 0.2) is 62.9 Å². The maximum absolute atomic E-state index is 12.6. The van der Waals surface area contributed by atoms with Gasteiger partial charge in [-0.1, -0.05) is 6.07 Å². The fraction of sp³-hybridized carbons (Fsp3) is 0.167. The Bertz CT molecular complexity index is 1320. The summed E-state index contributed by atoms with van der Waals surface area (Å²) in [6.45, 7) is 0.0867. The minimum Gasteiger partial charge on any atom is -0.408 e. The van der Waals surface area contributed by atoms with E-state index >= 15 is 0 Å². The molecule has 0 aliphatic rings. The summed E-state index contributed by atoms with van der Waals surface area (Å²) in [7, 11) is -0.420. The summed E-state index contributed by atoms with van der Waals surface area (Å²) in [6, 6.07) is 9.75. The van der Waals surface area contributed by atoms with Crippen molar-refractivity contribution in [3.8, 4) is 11.4 Å². The summed E-state index contributed by atoms with van der Waals surface area (Å²) in [5, 5.41) is 4.10. The van der Waals surface area contributed by atoms with Gasteiger partial charge in [0.1, 0.15) is 0 Å². The first kappa shape index (κ1) is 18.1. The lowest BCUT2D eigenvalue weighted by molar-refractivity contribution is 0.528. The number of nitrogens with zero attached hydrogens (tertiary/aromatic N) is 4. The SMILES string of the molecule is Cn1nccc1-c1ccc(CNS(=O)(=O)c2ccc3oc(=O)n(C)c3c2)cn1. The van der Waals surface area contributed by atoms with E-state index in [1.807, 2.05) is 19.2 Å². The van der Waals surface area contributed by atoms with E-state index in [0.29, 0.717) is 16.7 Å². The van der Waals surface area contributed by atoms with Crippen LogP contribution in [0.1, 0.15) is 5.56 Å². The summed E-state index contributed by atoms with van der Waals surface area (Å²) in [4.78, 5) is 16.0. The van der Waals surface area contributed by atoms with Crippen LogP contribution in [-0.2, 0) is 30.7 Å². The molecule has 0 saturated carbocycles. The first-order chi connectivity index (χ1) is 13.3. The van der Waals surface area contributed by atoms with Gasteiger partial charge in [0.25, 0.3) is 0 Å². The third kappa shape index (κ3) is 3.23. The predicted octanol–water partition coefficient (Wildman–Crippen LogP) is 1.41. The van der Waals surface area contributed by atoms with Crippen LogP contribution in [0.3, 0.4) is 0 Å². The molecule has 0 atom stereocenters. The third-order valence-corrected chi connectivity index (χ3v) is 5.85. The second-order valence-corrected chi connectivity index (χ2v) is 8.04. The van der Waals surface area contributed by atoms with Gasteiger partial charge in [-0.2, -0.15) is 5.10 Å². The molecule has 0 aliphatic heterocycles. The second-order valence-electron chi connectivity index (χ2n) is 6.27. The topological polar surface area (TPSA) is 112 Å². The van der Waals surface area contributed by atoms with Crippen molar-refractivity contribution < 1.29 is 12.8 Å². The lowest BCUT2D eigenvalue weighted by Gasteiger charge is -2.08. The number of nitrogens with one attached hydrogen (secondary N) is 1. The Kier molecular flexibility index (Phi) is 4.36. The highest BCUT2D eigenvalue weighted by Gasteiger charge is 2.17. The standard InChI is InChI=1S/C18H17N5O4S/c1-22-16-9-13(4-6-17(16)27-18(22)24)28(25,26)21-11-12-3-5-14(19-10-12)15-7-8-20-23(15)2/h3-10,21H,11H2,1-2H3. The van der Waals surface area contributed by atoms with E-state index in [1.165, 1.54) is 29.8 Å². The first-order valence-corrected chi connectivity index (χ1v) is 9.86. The molecule has 0 unspecified atom stereocenters. The van der Waals surface area contributed by atoms with Crippen molar-refractivity contribution in [3.63, 3.8) is 0 Å². The average molecular weight is 399 g/mol. The smallest absolute Gasteiger partial charge is 0.408 e. The van der Waals surface area contributed by atoms with Gasteiger partial charge in [-0.25, -0.2) is 17.9 Å². The quantitative estimate of drug-likeness (QED) is 0.543. The maximum Gasteiger partial charge on any atom is 0.419 e. The molecule has 3 aromatic heterocycles. The van der Waals surface area contributed by atoms with E-state index in [9.17, 15) is 13.2 Å². The van der Waals surface area contributed by atoms with Crippen LogP contribution in [0.25, 0.3) is 22.5 Å². The van der Waals surface area contributed by atoms with Gasteiger partial charge >= 0.3 is 5.76 Å². The highest BCUT2D eigenvalue weighted by atomic mass is 32.2. The second kappa shape index (κ2) is 6.73. The molecule has 1 N–H and O–H groups in total. The van der Waals surface area contributed by atoms with E-state index in [4.69, 9.17) is 4.42 Å². The maximum atomic E-state index is 12.6. The number of aromatic nitrogens is 4. The van der Waals surface area contributed by atoms with Gasteiger partial charge in [-0.05, 0) is 35.9 Å². The van der Waals surface area contributed by atoms with Crippen LogP contribution in [0, 0.1) is 0 Å². The minimum absolute atomic E-state index is 0.0517. The van der Waals surface area contributed by atoms with E-state index in [0.717, 1.165) is 11.4 Å². The van der Waals surface area contributed by atoms with Crippen LogP contribution < -0.4 is 10.5 Å². The van der Waals surface area contributed by atoms with Gasteiger partial charge in [0.05, 0.1) is 21.8 Å². The number of rotatable bonds is 5. The number of sulfonamides is 1. The highest BCUT2D eigenvalue weighted by Crippen LogP contribution is 2.19. The number of oxazole rings is 1. The zero-order chi connectivity index (χ0) is 19.9. The molecule has 28 heavy (non-hydrogen) atoms. The van der Waals surface area contributed by atoms with Gasteiger partial charge < -0.3 is 4.42 Å². The average Bonchev–Trinajstić information content (AvgIpc) is 3.23. The molecule has 10 heteroatoms. The van der Waals surface area contributed by atoms with Gasteiger partial charge in [-0.15, -0.1) is 0 Å². The summed E-state index contributed by atoms with van der Waals surface area (Å²) in [6.07, 6.45) is 3.31. The Morgan fingerprint density at radius 2 is 1.96 bits per heavy atom. The van der Waals surface area contributed by atoms with E-state index < -0.39 is 15.8 Å². The molecule has 0 aliphatic carbocycles. The minimum atomic E-state index is -3.77. The van der Waals surface area contributed by atoms with E-state index in [1.54, 1.807) is 23.1 Å². The Morgan fingerprint density at radius 3 is 2.64 bits per heavy atom. The molecule has 0 fully saturated rings. The summed E-state index contributed by atoms with van der Waals surface area (Å²) < 4.78 is 35.7. The van der Waals surface area contributed by atoms with Crippen molar-refractivity contribution >= 4 is 21.1 Å². The van der Waals surface area contributed by atoms with Crippen LogP contribution in [0.4, 0.5) is 0 Å². The van der Waals surface area contributed by atoms with Crippen LogP contribution in [-0.4, -0.2) is 27.7 Å². The zero-order valence-corrected chi connectivity index (χ0v) is 16.0. The zero-order valence-electron chi connectivity index (χ0n) is 15.2. The van der Waals surface area contributed by atoms with Crippen LogP contribution in [0.5, 0.6) is 0 Å². The highest BCUT2D eigenvalue weighted by molar-refractivity contribution is 7.89. The van der Waals surface area contributed by atoms with Crippen LogP contribution in [0.2, 0.25) is 0 Å². The van der Waals surface area contributed by atoms with Crippen molar-refractivity contribution in [1.29, 1.82) is 0 Å². The number of aryl methyl sites for hydroxylation is 2. The number of pyridine rings is 1. The molecule has 0 spiro atoms. The third-order valence-electron chi connectivity index (χ3n) is 4.45. The van der Waals surface area contributed by atoms with Gasteiger partial charge in [0.2, 0.25) is 10.0 Å². The van der Waals surface area contributed by atoms with Crippen molar-refractivity contribution in [2.24, 2.45) is 14.1 Å². The summed E-state index contributed by atoms with van der Waals surface area (Å²) in [5.74, 6) is -0.544. The fourth-order valence-electron chi connectivity index (χ4n) is 2.84. The van der Waals surface area contributed by atoms with Crippen LogP contribution >= 0.6 is 0 Å². The molecule has 4 aromatic rings. The largest absolute Gasteiger partial charge is 0.419 e. The predicted molar refractivity (Wildman–Crippen MR) is 102 cm³/mol. The van der Waals surface area contributed by atoms with Gasteiger partial charge in [0, 0.05) is 33.0 Å². The van der Waals surface area contributed by atoms with E-state index in [2.05, 4.69) is 14.8 Å². The Labute approximate surface area is 160 Å². The number of hydrogen-bond acceptors (Lipinski definition) is 6. The molecular formula is C18H17N5O4S. The number of hydrogen-bond donors (Lipinski definition) is 1. The molecule has 0 bridgehead atoms. The molecule has 0 radical (unpaired) electrons. The Balaban J connectivity index is 1.53. The molecule has 3 heterocycles. The summed E-state index contributed by atoms with van der Waals surface area (Å²) in [5.41, 5.74) is 3.08. The Morgan fingerprint density at radius 1 is 1.14 bits per heavy atom. The van der Waals surface area contributed by atoms with E-state index in [-0.39, 0.29) is 11.4 Å². The monoisotopic (exact) mass is 399 g/mol. The first-order valence-electron chi connectivity index (χ1n) is 8.38. The van der Waals surface area contributed by atoms with Crippen molar-refractivity contribution in [3.05, 3.63) is 64.9 Å². The lowest BCUT2D eigenvalue weighted by atomic mass is 10.2.